The molecule has 138 valence electrons. The number of ether oxygens (including phenoxy) is 3. The molecule has 1 aromatic rings. The molecule has 2 aliphatic heterocycles. The van der Waals surface area contributed by atoms with Crippen LogP contribution in [0.3, 0.4) is 0 Å². The molecule has 4 heteroatoms. The van der Waals surface area contributed by atoms with E-state index in [0.29, 0.717) is 12.0 Å². The van der Waals surface area contributed by atoms with E-state index in [1.54, 1.807) is 14.2 Å². The van der Waals surface area contributed by atoms with E-state index in [1.165, 1.54) is 43.5 Å². The monoisotopic (exact) mass is 353 g/mol. The Kier molecular flexibility index (Phi) is 3.07. The molecule has 2 heterocycles. The number of benzene rings is 1. The van der Waals surface area contributed by atoms with Crippen molar-refractivity contribution in [1.82, 2.24) is 4.90 Å². The second-order valence-corrected chi connectivity index (χ2v) is 8.78. The van der Waals surface area contributed by atoms with E-state index < -0.39 is 0 Å². The van der Waals surface area contributed by atoms with Crippen molar-refractivity contribution in [2.45, 2.75) is 49.7 Å². The van der Waals surface area contributed by atoms with Crippen LogP contribution in [0.4, 0.5) is 0 Å². The molecule has 0 amide bonds. The third kappa shape index (κ3) is 1.79. The molecule has 1 aromatic carbocycles. The van der Waals surface area contributed by atoms with E-state index in [9.17, 15) is 0 Å². The number of hydrogen-bond acceptors (Lipinski definition) is 4. The third-order valence-electron chi connectivity index (χ3n) is 7.69. The fourth-order valence-electron chi connectivity index (χ4n) is 6.41. The third-order valence-corrected chi connectivity index (χ3v) is 7.69. The van der Waals surface area contributed by atoms with Gasteiger partial charge < -0.3 is 14.2 Å². The van der Waals surface area contributed by atoms with Crippen LogP contribution in [-0.2, 0) is 16.6 Å². The van der Waals surface area contributed by atoms with Gasteiger partial charge in [0.05, 0.1) is 14.2 Å². The molecular formula is C22H27NO3. The van der Waals surface area contributed by atoms with E-state index in [2.05, 4.69) is 23.1 Å². The van der Waals surface area contributed by atoms with Gasteiger partial charge in [-0.05, 0) is 68.2 Å². The van der Waals surface area contributed by atoms with E-state index in [4.69, 9.17) is 14.2 Å². The Morgan fingerprint density at radius 2 is 2.12 bits per heavy atom. The molecule has 3 aliphatic carbocycles. The van der Waals surface area contributed by atoms with Crippen molar-refractivity contribution >= 4 is 0 Å². The normalized spacial score (nSPS) is 36.8. The molecule has 2 fully saturated rings. The van der Waals surface area contributed by atoms with Gasteiger partial charge in [0, 0.05) is 23.6 Å². The Bertz CT molecular complexity index is 799. The lowest BCUT2D eigenvalue weighted by atomic mass is 9.53. The molecule has 26 heavy (non-hydrogen) atoms. The number of hydrogen-bond donors (Lipinski definition) is 0. The first-order chi connectivity index (χ1) is 12.8. The Balaban J connectivity index is 1.53. The zero-order valence-corrected chi connectivity index (χ0v) is 15.7. The predicted molar refractivity (Wildman–Crippen MR) is 98.7 cm³/mol. The van der Waals surface area contributed by atoms with Gasteiger partial charge in [-0.25, -0.2) is 0 Å². The fraction of sp³-hybridized carbons (Fsp3) is 0.636. The van der Waals surface area contributed by atoms with Crippen LogP contribution in [0.25, 0.3) is 0 Å². The van der Waals surface area contributed by atoms with Crippen molar-refractivity contribution in [2.24, 2.45) is 11.8 Å². The number of nitrogens with zero attached hydrogens (tertiary/aromatic N) is 1. The standard InChI is InChI=1S/C22H27NO3/c1-24-17-7-5-14-11-16-15-6-8-18(25-2)21-22(15,19(14)20(17)26-21)9-10-23(16)12-13-3-4-13/h5,7-8,13,15-16,21H,3-4,6,9-12H2,1-2H3/t15-,16+,21-,22-/m0/s1. The summed E-state index contributed by atoms with van der Waals surface area (Å²) in [5, 5.41) is 0. The fourth-order valence-corrected chi connectivity index (χ4v) is 6.41. The molecule has 6 rings (SSSR count). The van der Waals surface area contributed by atoms with Crippen LogP contribution in [0.2, 0.25) is 0 Å². The largest absolute Gasteiger partial charge is 0.497 e. The van der Waals surface area contributed by atoms with Crippen molar-refractivity contribution in [3.05, 3.63) is 35.1 Å². The summed E-state index contributed by atoms with van der Waals surface area (Å²) in [7, 11) is 3.53. The highest BCUT2D eigenvalue weighted by molar-refractivity contribution is 5.62. The average Bonchev–Trinajstić information content (AvgIpc) is 3.41. The summed E-state index contributed by atoms with van der Waals surface area (Å²) in [6.45, 7) is 2.48. The molecule has 0 aromatic heterocycles. The molecule has 0 radical (unpaired) electrons. The van der Waals surface area contributed by atoms with Gasteiger partial charge in [-0.15, -0.1) is 0 Å². The van der Waals surface area contributed by atoms with Crippen LogP contribution < -0.4 is 9.47 Å². The van der Waals surface area contributed by atoms with Gasteiger partial charge in [-0.3, -0.25) is 4.90 Å². The zero-order chi connectivity index (χ0) is 17.5. The Morgan fingerprint density at radius 1 is 1.23 bits per heavy atom. The SMILES string of the molecule is COC1=CC[C@H]2[C@H]3Cc4ccc(OC)c5c4[C@@]2(CCN3CC2CC2)[C@H]1O5. The number of piperidine rings is 1. The van der Waals surface area contributed by atoms with Gasteiger partial charge in [-0.1, -0.05) is 6.07 Å². The van der Waals surface area contributed by atoms with E-state index in [1.807, 2.05) is 0 Å². The lowest BCUT2D eigenvalue weighted by Gasteiger charge is -2.57. The van der Waals surface area contributed by atoms with E-state index in [-0.39, 0.29) is 11.5 Å². The second-order valence-electron chi connectivity index (χ2n) is 8.78. The second kappa shape index (κ2) is 5.19. The first kappa shape index (κ1) is 15.4. The molecule has 1 saturated heterocycles. The summed E-state index contributed by atoms with van der Waals surface area (Å²) in [5.41, 5.74) is 2.99. The summed E-state index contributed by atoms with van der Waals surface area (Å²) in [4.78, 5) is 2.81. The molecular weight excluding hydrogens is 326 g/mol. The van der Waals surface area contributed by atoms with E-state index >= 15 is 0 Å². The topological polar surface area (TPSA) is 30.9 Å². The van der Waals surface area contributed by atoms with Crippen molar-refractivity contribution < 1.29 is 14.2 Å². The van der Waals surface area contributed by atoms with Crippen LogP contribution in [0, 0.1) is 11.8 Å². The smallest absolute Gasteiger partial charge is 0.166 e. The molecule has 1 saturated carbocycles. The average molecular weight is 353 g/mol. The van der Waals surface area contributed by atoms with Crippen molar-refractivity contribution in [2.75, 3.05) is 27.3 Å². The predicted octanol–water partition coefficient (Wildman–Crippen LogP) is 3.28. The molecule has 0 N–H and O–H groups in total. The lowest BCUT2D eigenvalue weighted by molar-refractivity contribution is -0.0376. The minimum Gasteiger partial charge on any atom is -0.497 e. The number of methoxy groups -OCH3 is 2. The lowest BCUT2D eigenvalue weighted by Crippen LogP contribution is -2.64. The van der Waals surface area contributed by atoms with Crippen LogP contribution in [0.1, 0.15) is 36.8 Å². The molecule has 4 atom stereocenters. The Morgan fingerprint density at radius 3 is 2.88 bits per heavy atom. The van der Waals surface area contributed by atoms with Crippen LogP contribution in [0.5, 0.6) is 11.5 Å². The first-order valence-electron chi connectivity index (χ1n) is 10.1. The van der Waals surface area contributed by atoms with Gasteiger partial charge in [0.15, 0.2) is 17.6 Å². The van der Waals surface area contributed by atoms with Crippen molar-refractivity contribution in [1.29, 1.82) is 0 Å². The van der Waals surface area contributed by atoms with Crippen molar-refractivity contribution in [3.63, 3.8) is 0 Å². The van der Waals surface area contributed by atoms with Crippen LogP contribution in [0.15, 0.2) is 24.0 Å². The Hall–Kier alpha value is -1.68. The van der Waals surface area contributed by atoms with Gasteiger partial charge in [0.1, 0.15) is 5.76 Å². The van der Waals surface area contributed by atoms with E-state index in [0.717, 1.165) is 36.0 Å². The van der Waals surface area contributed by atoms with Gasteiger partial charge in [0.2, 0.25) is 0 Å². The summed E-state index contributed by atoms with van der Waals surface area (Å²) in [5.74, 6) is 4.45. The Labute approximate surface area is 155 Å². The highest BCUT2D eigenvalue weighted by atomic mass is 16.6. The zero-order valence-electron chi connectivity index (χ0n) is 15.7. The van der Waals surface area contributed by atoms with Crippen LogP contribution >= 0.6 is 0 Å². The maximum atomic E-state index is 6.60. The maximum Gasteiger partial charge on any atom is 0.166 e. The molecule has 5 aliphatic rings. The maximum absolute atomic E-state index is 6.60. The first-order valence-corrected chi connectivity index (χ1v) is 10.1. The minimum atomic E-state index is 0.0159. The minimum absolute atomic E-state index is 0.0159. The summed E-state index contributed by atoms with van der Waals surface area (Å²) in [6.07, 6.45) is 8.58. The summed E-state index contributed by atoms with van der Waals surface area (Å²) < 4.78 is 18.1. The summed E-state index contributed by atoms with van der Waals surface area (Å²) in [6, 6.07) is 5.02. The van der Waals surface area contributed by atoms with Crippen LogP contribution in [-0.4, -0.2) is 44.4 Å². The number of likely N-dealkylation sites (tertiary alicyclic amines) is 1. The van der Waals surface area contributed by atoms with Gasteiger partial charge in [-0.2, -0.15) is 0 Å². The van der Waals surface area contributed by atoms with Gasteiger partial charge >= 0.3 is 0 Å². The highest BCUT2D eigenvalue weighted by Gasteiger charge is 2.65. The highest BCUT2D eigenvalue weighted by Crippen LogP contribution is 2.64. The summed E-state index contributed by atoms with van der Waals surface area (Å²) >= 11 is 0. The number of rotatable bonds is 4. The molecule has 1 spiro atoms. The molecule has 0 unspecified atom stereocenters. The quantitative estimate of drug-likeness (QED) is 0.831. The molecule has 4 nitrogen and oxygen atoms in total. The number of allylic oxidation sites excluding steroid dienone is 1. The van der Waals surface area contributed by atoms with Gasteiger partial charge in [0.25, 0.3) is 0 Å². The van der Waals surface area contributed by atoms with Crippen molar-refractivity contribution in [3.8, 4) is 11.5 Å². The molecule has 2 bridgehead atoms.